The van der Waals surface area contributed by atoms with Crippen LogP contribution in [0.5, 0.6) is 0 Å². The minimum atomic E-state index is 0.479. The third-order valence-corrected chi connectivity index (χ3v) is 1.69. The molecule has 0 atom stereocenters. The number of rotatable bonds is 2. The molecular weight excluding hydrogens is 182 g/mol. The lowest BCUT2D eigenvalue weighted by molar-refractivity contribution is 1.44. The first-order valence-corrected chi connectivity index (χ1v) is 4.58. The van der Waals surface area contributed by atoms with Crippen molar-refractivity contribution in [1.29, 1.82) is 0 Å². The molecule has 0 heterocycles. The van der Waals surface area contributed by atoms with Gasteiger partial charge in [0.2, 0.25) is 0 Å². The van der Waals surface area contributed by atoms with Crippen molar-refractivity contribution in [2.45, 2.75) is 0 Å². The zero-order valence-electron chi connectivity index (χ0n) is 8.53. The van der Waals surface area contributed by atoms with Crippen LogP contribution in [-0.2, 0) is 0 Å². The molecule has 1 nitrogen and oxygen atoms in total. The van der Waals surface area contributed by atoms with Gasteiger partial charge in [0.1, 0.15) is 0 Å². The number of hydrogen-bond acceptors (Lipinski definition) is 1. The summed E-state index contributed by atoms with van der Waals surface area (Å²) in [5.74, 6) is 5.98. The molecule has 0 saturated carbocycles. The molecule has 0 saturated heterocycles. The Kier molecular flexibility index (Phi) is 4.00. The summed E-state index contributed by atoms with van der Waals surface area (Å²) in [5.41, 5.74) is 7.67. The Bertz CT molecular complexity index is 441. The molecular formula is C14H13N. The summed E-state index contributed by atoms with van der Waals surface area (Å²) in [6, 6.07) is 9.75. The van der Waals surface area contributed by atoms with E-state index in [0.717, 1.165) is 11.1 Å². The lowest BCUT2D eigenvalue weighted by Crippen LogP contribution is -1.90. The van der Waals surface area contributed by atoms with E-state index in [1.165, 1.54) is 0 Å². The van der Waals surface area contributed by atoms with Crippen LogP contribution in [0.1, 0.15) is 5.56 Å². The molecule has 0 aromatic heterocycles. The zero-order valence-corrected chi connectivity index (χ0v) is 8.53. The molecule has 0 aliphatic carbocycles. The largest absolute Gasteiger partial charge is 0.399 e. The zero-order chi connectivity index (χ0) is 11.1. The first kappa shape index (κ1) is 10.9. The molecule has 0 radical (unpaired) electrons. The van der Waals surface area contributed by atoms with Crippen molar-refractivity contribution in [2.24, 2.45) is 5.73 Å². The van der Waals surface area contributed by atoms with Crippen molar-refractivity contribution in [3.05, 3.63) is 72.5 Å². The Labute approximate surface area is 90.6 Å². The Morgan fingerprint density at radius 1 is 1.27 bits per heavy atom. The maximum atomic E-state index is 5.45. The second-order valence-electron chi connectivity index (χ2n) is 2.99. The second-order valence-corrected chi connectivity index (χ2v) is 2.99. The van der Waals surface area contributed by atoms with Crippen LogP contribution >= 0.6 is 0 Å². The number of nitrogens with two attached hydrogens (primary N) is 1. The van der Waals surface area contributed by atoms with E-state index >= 15 is 0 Å². The quantitative estimate of drug-likeness (QED) is 0.569. The molecule has 0 amide bonds. The second kappa shape index (κ2) is 5.51. The molecule has 0 aliphatic rings. The summed E-state index contributed by atoms with van der Waals surface area (Å²) in [4.78, 5) is 0. The predicted molar refractivity (Wildman–Crippen MR) is 64.9 cm³/mol. The van der Waals surface area contributed by atoms with E-state index in [-0.39, 0.29) is 0 Å². The molecule has 1 aromatic carbocycles. The fourth-order valence-corrected chi connectivity index (χ4v) is 1.01. The average molecular weight is 195 g/mol. The van der Waals surface area contributed by atoms with Gasteiger partial charge in [-0.05, 0) is 18.2 Å². The normalized spacial score (nSPS) is 10.0. The summed E-state index contributed by atoms with van der Waals surface area (Å²) < 4.78 is 0. The topological polar surface area (TPSA) is 26.0 Å². The van der Waals surface area contributed by atoms with E-state index in [4.69, 9.17) is 5.73 Å². The summed E-state index contributed by atoms with van der Waals surface area (Å²) in [5, 5.41) is 0. The van der Waals surface area contributed by atoms with E-state index in [2.05, 4.69) is 25.0 Å². The standard InChI is InChI=1S/C14H13N/c1-3-13(11-12(2)15)9-10-14-7-5-4-6-8-14/h3-8,11H,1-2,15H2/b13-11+. The highest BCUT2D eigenvalue weighted by atomic mass is 14.5. The van der Waals surface area contributed by atoms with Crippen LogP contribution in [0, 0.1) is 11.8 Å². The van der Waals surface area contributed by atoms with Gasteiger partial charge in [-0.1, -0.05) is 49.3 Å². The maximum Gasteiger partial charge on any atom is 0.0263 e. The fraction of sp³-hybridized carbons (Fsp3) is 0. The molecule has 0 fully saturated rings. The van der Waals surface area contributed by atoms with Crippen molar-refractivity contribution in [2.75, 3.05) is 0 Å². The van der Waals surface area contributed by atoms with Gasteiger partial charge in [-0.25, -0.2) is 0 Å². The van der Waals surface area contributed by atoms with Gasteiger partial charge in [-0.3, -0.25) is 0 Å². The van der Waals surface area contributed by atoms with Crippen LogP contribution in [0.15, 0.2) is 66.9 Å². The van der Waals surface area contributed by atoms with Crippen LogP contribution in [-0.4, -0.2) is 0 Å². The SMILES string of the molecule is C=C/C(C#Cc1ccccc1)=C\C(=C)N. The van der Waals surface area contributed by atoms with E-state index in [1.807, 2.05) is 30.3 Å². The fourth-order valence-electron chi connectivity index (χ4n) is 1.01. The van der Waals surface area contributed by atoms with E-state index in [1.54, 1.807) is 12.2 Å². The Morgan fingerprint density at radius 2 is 1.93 bits per heavy atom. The molecule has 1 rings (SSSR count). The molecule has 1 heteroatoms. The van der Waals surface area contributed by atoms with Gasteiger partial charge in [0, 0.05) is 16.8 Å². The molecule has 15 heavy (non-hydrogen) atoms. The van der Waals surface area contributed by atoms with E-state index in [9.17, 15) is 0 Å². The highest BCUT2D eigenvalue weighted by Crippen LogP contribution is 1.99. The number of allylic oxidation sites excluding steroid dienone is 3. The molecule has 74 valence electrons. The highest BCUT2D eigenvalue weighted by Gasteiger charge is 1.86. The molecule has 0 aliphatic heterocycles. The van der Waals surface area contributed by atoms with E-state index in [0.29, 0.717) is 5.70 Å². The third-order valence-electron chi connectivity index (χ3n) is 1.69. The summed E-state index contributed by atoms with van der Waals surface area (Å²) in [6.45, 7) is 7.24. The van der Waals surface area contributed by atoms with Gasteiger partial charge in [0.05, 0.1) is 0 Å². The summed E-state index contributed by atoms with van der Waals surface area (Å²) in [7, 11) is 0. The van der Waals surface area contributed by atoms with Gasteiger partial charge in [0.25, 0.3) is 0 Å². The third kappa shape index (κ3) is 4.02. The summed E-state index contributed by atoms with van der Waals surface area (Å²) >= 11 is 0. The van der Waals surface area contributed by atoms with Crippen molar-refractivity contribution < 1.29 is 0 Å². The van der Waals surface area contributed by atoms with Crippen LogP contribution in [0.3, 0.4) is 0 Å². The van der Waals surface area contributed by atoms with E-state index < -0.39 is 0 Å². The lowest BCUT2D eigenvalue weighted by Gasteiger charge is -1.91. The van der Waals surface area contributed by atoms with Crippen molar-refractivity contribution in [3.63, 3.8) is 0 Å². The van der Waals surface area contributed by atoms with Crippen molar-refractivity contribution in [3.8, 4) is 11.8 Å². The Morgan fingerprint density at radius 3 is 2.47 bits per heavy atom. The van der Waals surface area contributed by atoms with Gasteiger partial charge in [0.15, 0.2) is 0 Å². The van der Waals surface area contributed by atoms with Crippen LogP contribution in [0.25, 0.3) is 0 Å². The van der Waals surface area contributed by atoms with Crippen LogP contribution < -0.4 is 5.73 Å². The number of hydrogen-bond donors (Lipinski definition) is 1. The van der Waals surface area contributed by atoms with Crippen LogP contribution in [0.2, 0.25) is 0 Å². The lowest BCUT2D eigenvalue weighted by atomic mass is 10.2. The van der Waals surface area contributed by atoms with Gasteiger partial charge < -0.3 is 5.73 Å². The maximum absolute atomic E-state index is 5.45. The number of benzene rings is 1. The Hall–Kier alpha value is -2.20. The van der Waals surface area contributed by atoms with Crippen molar-refractivity contribution in [1.82, 2.24) is 0 Å². The van der Waals surface area contributed by atoms with Gasteiger partial charge in [-0.15, -0.1) is 0 Å². The molecule has 1 aromatic rings. The first-order chi connectivity index (χ1) is 7.22. The molecule has 0 bridgehead atoms. The molecule has 0 unspecified atom stereocenters. The highest BCUT2D eigenvalue weighted by molar-refractivity contribution is 5.46. The molecule has 0 spiro atoms. The smallest absolute Gasteiger partial charge is 0.0263 e. The average Bonchev–Trinajstić information content (AvgIpc) is 2.25. The monoisotopic (exact) mass is 195 g/mol. The summed E-state index contributed by atoms with van der Waals surface area (Å²) in [6.07, 6.45) is 3.36. The van der Waals surface area contributed by atoms with Gasteiger partial charge >= 0.3 is 0 Å². The molecule has 2 N–H and O–H groups in total. The minimum absolute atomic E-state index is 0.479. The van der Waals surface area contributed by atoms with Crippen LogP contribution in [0.4, 0.5) is 0 Å². The van der Waals surface area contributed by atoms with Gasteiger partial charge in [-0.2, -0.15) is 0 Å². The first-order valence-electron chi connectivity index (χ1n) is 4.58. The minimum Gasteiger partial charge on any atom is -0.399 e. The van der Waals surface area contributed by atoms with Crippen molar-refractivity contribution >= 4 is 0 Å². The Balaban J connectivity index is 2.89. The predicted octanol–water partition coefficient (Wildman–Crippen LogP) is 2.62.